The molecule has 0 saturated carbocycles. The SMILES string of the molecule is Cc1cc(C2=CC=CCC2)nc(-c2ccccn2)c1. The Morgan fingerprint density at radius 1 is 1.05 bits per heavy atom. The fourth-order valence-corrected chi connectivity index (χ4v) is 2.29. The van der Waals surface area contributed by atoms with Crippen LogP contribution in [0.3, 0.4) is 0 Å². The average Bonchev–Trinajstić information content (AvgIpc) is 2.48. The first kappa shape index (κ1) is 11.8. The molecule has 2 heterocycles. The zero-order chi connectivity index (χ0) is 13.1. The Morgan fingerprint density at radius 2 is 1.95 bits per heavy atom. The lowest BCUT2D eigenvalue weighted by Crippen LogP contribution is -1.96. The van der Waals surface area contributed by atoms with E-state index in [1.54, 1.807) is 0 Å². The van der Waals surface area contributed by atoms with Gasteiger partial charge in [-0.3, -0.25) is 4.98 Å². The maximum atomic E-state index is 4.76. The van der Waals surface area contributed by atoms with Gasteiger partial charge >= 0.3 is 0 Å². The second-order valence-electron chi connectivity index (χ2n) is 4.79. The van der Waals surface area contributed by atoms with E-state index in [9.17, 15) is 0 Å². The third-order valence-electron chi connectivity index (χ3n) is 3.24. The minimum absolute atomic E-state index is 0.930. The lowest BCUT2D eigenvalue weighted by atomic mass is 10.00. The van der Waals surface area contributed by atoms with Crippen molar-refractivity contribution < 1.29 is 0 Å². The molecule has 1 aliphatic carbocycles. The smallest absolute Gasteiger partial charge is 0.0896 e. The Bertz CT molecular complexity index is 640. The number of allylic oxidation sites excluding steroid dienone is 4. The number of nitrogens with zero attached hydrogens (tertiary/aromatic N) is 2. The molecule has 3 rings (SSSR count). The Balaban J connectivity index is 2.06. The topological polar surface area (TPSA) is 25.8 Å². The number of pyridine rings is 2. The molecule has 0 aliphatic heterocycles. The van der Waals surface area contributed by atoms with Gasteiger partial charge in [0.15, 0.2) is 0 Å². The average molecular weight is 248 g/mol. The van der Waals surface area contributed by atoms with Crippen molar-refractivity contribution in [2.45, 2.75) is 19.8 Å². The van der Waals surface area contributed by atoms with Crippen LogP contribution in [-0.4, -0.2) is 9.97 Å². The van der Waals surface area contributed by atoms with Gasteiger partial charge in [-0.25, -0.2) is 4.98 Å². The number of hydrogen-bond donors (Lipinski definition) is 0. The number of aromatic nitrogens is 2. The van der Waals surface area contributed by atoms with E-state index < -0.39 is 0 Å². The summed E-state index contributed by atoms with van der Waals surface area (Å²) in [6, 6.07) is 10.2. The molecule has 0 radical (unpaired) electrons. The summed E-state index contributed by atoms with van der Waals surface area (Å²) in [6.07, 6.45) is 10.4. The third kappa shape index (κ3) is 2.63. The third-order valence-corrected chi connectivity index (χ3v) is 3.24. The van der Waals surface area contributed by atoms with Gasteiger partial charge in [0.05, 0.1) is 17.1 Å². The molecule has 0 spiro atoms. The van der Waals surface area contributed by atoms with Gasteiger partial charge in [-0.05, 0) is 55.2 Å². The molecule has 0 amide bonds. The molecular formula is C17H16N2. The van der Waals surface area contributed by atoms with Crippen LogP contribution in [0.1, 0.15) is 24.1 Å². The van der Waals surface area contributed by atoms with E-state index in [0.29, 0.717) is 0 Å². The molecular weight excluding hydrogens is 232 g/mol. The van der Waals surface area contributed by atoms with Crippen molar-refractivity contribution in [1.82, 2.24) is 9.97 Å². The molecule has 0 bridgehead atoms. The zero-order valence-corrected chi connectivity index (χ0v) is 11.0. The molecule has 19 heavy (non-hydrogen) atoms. The van der Waals surface area contributed by atoms with E-state index in [-0.39, 0.29) is 0 Å². The Labute approximate surface area is 113 Å². The molecule has 0 saturated heterocycles. The van der Waals surface area contributed by atoms with Crippen molar-refractivity contribution in [3.63, 3.8) is 0 Å². The normalized spacial score (nSPS) is 14.3. The lowest BCUT2D eigenvalue weighted by Gasteiger charge is -2.11. The summed E-state index contributed by atoms with van der Waals surface area (Å²) in [4.78, 5) is 9.14. The van der Waals surface area contributed by atoms with Crippen LogP contribution in [0.5, 0.6) is 0 Å². The quantitative estimate of drug-likeness (QED) is 0.796. The maximum absolute atomic E-state index is 4.76. The van der Waals surface area contributed by atoms with E-state index in [4.69, 9.17) is 4.98 Å². The highest BCUT2D eigenvalue weighted by molar-refractivity contribution is 5.68. The van der Waals surface area contributed by atoms with Crippen molar-refractivity contribution in [3.8, 4) is 11.4 Å². The van der Waals surface area contributed by atoms with Gasteiger partial charge in [-0.15, -0.1) is 0 Å². The van der Waals surface area contributed by atoms with Crippen molar-refractivity contribution in [2.75, 3.05) is 0 Å². The highest BCUT2D eigenvalue weighted by atomic mass is 14.8. The van der Waals surface area contributed by atoms with Gasteiger partial charge in [0.1, 0.15) is 0 Å². The van der Waals surface area contributed by atoms with E-state index in [0.717, 1.165) is 29.9 Å². The molecule has 0 N–H and O–H groups in total. The summed E-state index contributed by atoms with van der Waals surface area (Å²) in [6.45, 7) is 2.11. The monoisotopic (exact) mass is 248 g/mol. The van der Waals surface area contributed by atoms with Crippen LogP contribution in [0.15, 0.2) is 54.8 Å². The van der Waals surface area contributed by atoms with Crippen LogP contribution in [0.2, 0.25) is 0 Å². The molecule has 2 aromatic heterocycles. The van der Waals surface area contributed by atoms with Gasteiger partial charge in [0.2, 0.25) is 0 Å². The summed E-state index contributed by atoms with van der Waals surface area (Å²) in [5.41, 5.74) is 5.49. The zero-order valence-electron chi connectivity index (χ0n) is 11.0. The molecule has 2 nitrogen and oxygen atoms in total. The second-order valence-corrected chi connectivity index (χ2v) is 4.79. The molecule has 94 valence electrons. The number of rotatable bonds is 2. The predicted octanol–water partition coefficient (Wildman–Crippen LogP) is 4.19. The highest BCUT2D eigenvalue weighted by Gasteiger charge is 2.08. The first-order valence-corrected chi connectivity index (χ1v) is 6.59. The predicted molar refractivity (Wildman–Crippen MR) is 78.6 cm³/mol. The first-order chi connectivity index (χ1) is 9.33. The summed E-state index contributed by atoms with van der Waals surface area (Å²) in [7, 11) is 0. The number of hydrogen-bond acceptors (Lipinski definition) is 2. The van der Waals surface area contributed by atoms with E-state index in [1.165, 1.54) is 11.1 Å². The van der Waals surface area contributed by atoms with Crippen molar-refractivity contribution >= 4 is 5.57 Å². The van der Waals surface area contributed by atoms with Crippen LogP contribution < -0.4 is 0 Å². The van der Waals surface area contributed by atoms with Crippen LogP contribution >= 0.6 is 0 Å². The fourth-order valence-electron chi connectivity index (χ4n) is 2.29. The van der Waals surface area contributed by atoms with Gasteiger partial charge in [-0.1, -0.05) is 24.3 Å². The van der Waals surface area contributed by atoms with Crippen LogP contribution in [0.25, 0.3) is 17.0 Å². The van der Waals surface area contributed by atoms with Gasteiger partial charge in [-0.2, -0.15) is 0 Å². The highest BCUT2D eigenvalue weighted by Crippen LogP contribution is 2.25. The van der Waals surface area contributed by atoms with E-state index in [2.05, 4.69) is 42.3 Å². The first-order valence-electron chi connectivity index (χ1n) is 6.59. The van der Waals surface area contributed by atoms with Gasteiger partial charge in [0.25, 0.3) is 0 Å². The van der Waals surface area contributed by atoms with Crippen molar-refractivity contribution in [2.24, 2.45) is 0 Å². The van der Waals surface area contributed by atoms with Crippen LogP contribution in [0.4, 0.5) is 0 Å². The summed E-state index contributed by atoms with van der Waals surface area (Å²) < 4.78 is 0. The molecule has 0 aromatic carbocycles. The van der Waals surface area contributed by atoms with Crippen LogP contribution in [-0.2, 0) is 0 Å². The van der Waals surface area contributed by atoms with E-state index >= 15 is 0 Å². The van der Waals surface area contributed by atoms with Crippen LogP contribution in [0, 0.1) is 6.92 Å². The number of aryl methyl sites for hydroxylation is 1. The largest absolute Gasteiger partial charge is 0.255 e. The van der Waals surface area contributed by atoms with Crippen molar-refractivity contribution in [3.05, 3.63) is 66.0 Å². The minimum atomic E-state index is 0.930. The van der Waals surface area contributed by atoms with Gasteiger partial charge < -0.3 is 0 Å². The molecule has 0 atom stereocenters. The Kier molecular flexibility index (Phi) is 3.23. The summed E-state index contributed by atoms with van der Waals surface area (Å²) in [5.74, 6) is 0. The molecule has 1 aliphatic rings. The lowest BCUT2D eigenvalue weighted by molar-refractivity contribution is 1.04. The minimum Gasteiger partial charge on any atom is -0.255 e. The molecule has 0 fully saturated rings. The Morgan fingerprint density at radius 3 is 2.68 bits per heavy atom. The second kappa shape index (κ2) is 5.19. The molecule has 0 unspecified atom stereocenters. The van der Waals surface area contributed by atoms with Gasteiger partial charge in [0, 0.05) is 6.20 Å². The summed E-state index contributed by atoms with van der Waals surface area (Å²) in [5, 5.41) is 0. The molecule has 2 heteroatoms. The summed E-state index contributed by atoms with van der Waals surface area (Å²) >= 11 is 0. The van der Waals surface area contributed by atoms with Crippen molar-refractivity contribution in [1.29, 1.82) is 0 Å². The van der Waals surface area contributed by atoms with E-state index in [1.807, 2.05) is 24.4 Å². The Hall–Kier alpha value is -2.22. The standard InChI is InChI=1S/C17H16N2/c1-13-11-16(14-7-3-2-4-8-14)19-17(12-13)15-9-5-6-10-18-15/h2-3,5-7,9-12H,4,8H2,1H3. The molecule has 2 aromatic rings. The fraction of sp³-hybridized carbons (Fsp3) is 0.176. The maximum Gasteiger partial charge on any atom is 0.0896 e.